The zero-order valence-electron chi connectivity index (χ0n) is 11.9. The van der Waals surface area contributed by atoms with E-state index in [1.54, 1.807) is 7.11 Å². The van der Waals surface area contributed by atoms with Crippen LogP contribution in [0.25, 0.3) is 0 Å². The van der Waals surface area contributed by atoms with Crippen molar-refractivity contribution in [1.82, 2.24) is 5.32 Å². The number of rotatable bonds is 5. The molecule has 0 saturated carbocycles. The van der Waals surface area contributed by atoms with Gasteiger partial charge in [0, 0.05) is 19.6 Å². The number of ether oxygens (including phenoxy) is 1. The van der Waals surface area contributed by atoms with E-state index >= 15 is 0 Å². The number of aliphatic hydroxyl groups is 1. The largest absolute Gasteiger partial charge is 0.495 e. The fourth-order valence-corrected chi connectivity index (χ4v) is 2.47. The molecule has 1 aromatic carbocycles. The highest BCUT2D eigenvalue weighted by Crippen LogP contribution is 2.31. The topological polar surface area (TPSA) is 44.7 Å². The summed E-state index contributed by atoms with van der Waals surface area (Å²) < 4.78 is 5.51. The van der Waals surface area contributed by atoms with E-state index in [-0.39, 0.29) is 6.10 Å². The predicted octanol–water partition coefficient (Wildman–Crippen LogP) is 1.77. The van der Waals surface area contributed by atoms with Crippen LogP contribution in [0.2, 0.25) is 0 Å². The fraction of sp³-hybridized carbons (Fsp3) is 0.600. The Bertz CT molecular complexity index is 401. The van der Waals surface area contributed by atoms with Crippen molar-refractivity contribution in [3.05, 3.63) is 23.8 Å². The van der Waals surface area contributed by atoms with Crippen molar-refractivity contribution >= 4 is 5.69 Å². The molecule has 0 aromatic heterocycles. The van der Waals surface area contributed by atoms with Crippen LogP contribution in [0.4, 0.5) is 5.69 Å². The van der Waals surface area contributed by atoms with Crippen LogP contribution in [-0.2, 0) is 6.54 Å². The van der Waals surface area contributed by atoms with E-state index in [4.69, 9.17) is 4.74 Å². The van der Waals surface area contributed by atoms with Gasteiger partial charge >= 0.3 is 0 Å². The maximum absolute atomic E-state index is 9.58. The Labute approximate surface area is 115 Å². The predicted molar refractivity (Wildman–Crippen MR) is 77.8 cm³/mol. The first kappa shape index (κ1) is 14.2. The molecule has 1 fully saturated rings. The minimum atomic E-state index is -0.143. The van der Waals surface area contributed by atoms with Crippen LogP contribution in [-0.4, -0.2) is 38.0 Å². The van der Waals surface area contributed by atoms with Crippen molar-refractivity contribution in [2.75, 3.05) is 31.6 Å². The molecule has 0 amide bonds. The standard InChI is InChI=1S/C15H24N2O2/c1-3-16-11-12-4-5-14(15(10-12)19-2)17-8-6-13(18)7-9-17/h4-5,10,13,16,18H,3,6-9,11H2,1-2H3. The number of nitrogens with zero attached hydrogens (tertiary/aromatic N) is 1. The zero-order chi connectivity index (χ0) is 13.7. The lowest BCUT2D eigenvalue weighted by atomic mass is 10.1. The van der Waals surface area contributed by atoms with Crippen LogP contribution >= 0.6 is 0 Å². The number of aliphatic hydroxyl groups excluding tert-OH is 1. The molecule has 4 heteroatoms. The molecule has 0 atom stereocenters. The molecule has 2 rings (SSSR count). The molecular weight excluding hydrogens is 240 g/mol. The lowest BCUT2D eigenvalue weighted by Crippen LogP contribution is -2.36. The Kier molecular flexibility index (Phi) is 5.05. The molecule has 2 N–H and O–H groups in total. The van der Waals surface area contributed by atoms with Crippen molar-refractivity contribution in [3.63, 3.8) is 0 Å². The van der Waals surface area contributed by atoms with Crippen molar-refractivity contribution in [3.8, 4) is 5.75 Å². The maximum atomic E-state index is 9.58. The highest BCUT2D eigenvalue weighted by Gasteiger charge is 2.19. The minimum Gasteiger partial charge on any atom is -0.495 e. The summed E-state index contributed by atoms with van der Waals surface area (Å²) in [5, 5.41) is 12.9. The van der Waals surface area contributed by atoms with Gasteiger partial charge in [0.2, 0.25) is 0 Å². The molecule has 1 saturated heterocycles. The van der Waals surface area contributed by atoms with Crippen LogP contribution in [0, 0.1) is 0 Å². The van der Waals surface area contributed by atoms with E-state index in [1.165, 1.54) is 5.56 Å². The molecule has 0 spiro atoms. The quantitative estimate of drug-likeness (QED) is 0.850. The number of anilines is 1. The fourth-order valence-electron chi connectivity index (χ4n) is 2.47. The Morgan fingerprint density at radius 3 is 2.74 bits per heavy atom. The Morgan fingerprint density at radius 1 is 1.37 bits per heavy atom. The number of methoxy groups -OCH3 is 1. The van der Waals surface area contributed by atoms with E-state index in [0.29, 0.717) is 0 Å². The van der Waals surface area contributed by atoms with Crippen LogP contribution in [0.1, 0.15) is 25.3 Å². The molecule has 0 radical (unpaired) electrons. The number of hydrogen-bond acceptors (Lipinski definition) is 4. The Morgan fingerprint density at radius 2 is 2.11 bits per heavy atom. The first-order valence-electron chi connectivity index (χ1n) is 7.05. The minimum absolute atomic E-state index is 0.143. The second-order valence-electron chi connectivity index (χ2n) is 5.00. The maximum Gasteiger partial charge on any atom is 0.142 e. The van der Waals surface area contributed by atoms with Crippen molar-refractivity contribution in [1.29, 1.82) is 0 Å². The van der Waals surface area contributed by atoms with Crippen molar-refractivity contribution < 1.29 is 9.84 Å². The molecule has 1 aliphatic rings. The SMILES string of the molecule is CCNCc1ccc(N2CCC(O)CC2)c(OC)c1. The molecule has 4 nitrogen and oxygen atoms in total. The summed E-state index contributed by atoms with van der Waals surface area (Å²) in [6.07, 6.45) is 1.53. The number of nitrogens with one attached hydrogen (secondary N) is 1. The normalized spacial score (nSPS) is 16.7. The van der Waals surface area contributed by atoms with Crippen LogP contribution in [0.15, 0.2) is 18.2 Å². The summed E-state index contributed by atoms with van der Waals surface area (Å²) in [7, 11) is 1.72. The van der Waals surface area contributed by atoms with Gasteiger partial charge in [-0.25, -0.2) is 0 Å². The number of benzene rings is 1. The van der Waals surface area contributed by atoms with Crippen LogP contribution in [0.5, 0.6) is 5.75 Å². The average molecular weight is 264 g/mol. The van der Waals surface area contributed by atoms with Crippen molar-refractivity contribution in [2.24, 2.45) is 0 Å². The third-order valence-corrected chi connectivity index (χ3v) is 3.63. The highest BCUT2D eigenvalue weighted by atomic mass is 16.5. The first-order valence-corrected chi connectivity index (χ1v) is 7.05. The van der Waals surface area contributed by atoms with Gasteiger partial charge in [-0.1, -0.05) is 13.0 Å². The molecule has 0 unspecified atom stereocenters. The second-order valence-corrected chi connectivity index (χ2v) is 5.00. The second kappa shape index (κ2) is 6.78. The molecule has 1 aromatic rings. The van der Waals surface area contributed by atoms with Gasteiger partial charge in [-0.05, 0) is 37.1 Å². The molecule has 1 heterocycles. The molecule has 1 aliphatic heterocycles. The summed E-state index contributed by atoms with van der Waals surface area (Å²) in [6.45, 7) is 5.72. The summed E-state index contributed by atoms with van der Waals surface area (Å²) >= 11 is 0. The number of piperidine rings is 1. The van der Waals surface area contributed by atoms with E-state index in [9.17, 15) is 5.11 Å². The lowest BCUT2D eigenvalue weighted by molar-refractivity contribution is 0.145. The third kappa shape index (κ3) is 3.61. The van der Waals surface area contributed by atoms with E-state index in [2.05, 4.69) is 35.3 Å². The summed E-state index contributed by atoms with van der Waals surface area (Å²) in [4.78, 5) is 2.29. The van der Waals surface area contributed by atoms with Gasteiger partial charge < -0.3 is 20.1 Å². The highest BCUT2D eigenvalue weighted by molar-refractivity contribution is 5.60. The summed E-state index contributed by atoms with van der Waals surface area (Å²) in [5.41, 5.74) is 2.37. The smallest absolute Gasteiger partial charge is 0.142 e. The van der Waals surface area contributed by atoms with E-state index in [1.807, 2.05) is 0 Å². The van der Waals surface area contributed by atoms with Crippen LogP contribution in [0.3, 0.4) is 0 Å². The van der Waals surface area contributed by atoms with Gasteiger partial charge in [0.05, 0.1) is 18.9 Å². The summed E-state index contributed by atoms with van der Waals surface area (Å²) in [6, 6.07) is 6.37. The number of hydrogen-bond donors (Lipinski definition) is 2. The Hall–Kier alpha value is -1.26. The molecule has 0 bridgehead atoms. The van der Waals surface area contributed by atoms with Gasteiger partial charge in [0.1, 0.15) is 5.75 Å². The molecule has 19 heavy (non-hydrogen) atoms. The first-order chi connectivity index (χ1) is 9.24. The van der Waals surface area contributed by atoms with Crippen molar-refractivity contribution in [2.45, 2.75) is 32.4 Å². The average Bonchev–Trinajstić information content (AvgIpc) is 2.46. The monoisotopic (exact) mass is 264 g/mol. The molecule has 106 valence electrons. The summed E-state index contributed by atoms with van der Waals surface area (Å²) in [5.74, 6) is 0.923. The lowest BCUT2D eigenvalue weighted by Gasteiger charge is -2.32. The van der Waals surface area contributed by atoms with Gasteiger partial charge in [0.25, 0.3) is 0 Å². The zero-order valence-corrected chi connectivity index (χ0v) is 11.9. The van der Waals surface area contributed by atoms with E-state index < -0.39 is 0 Å². The Balaban J connectivity index is 2.11. The van der Waals surface area contributed by atoms with Gasteiger partial charge in [0.15, 0.2) is 0 Å². The van der Waals surface area contributed by atoms with E-state index in [0.717, 1.165) is 50.5 Å². The van der Waals surface area contributed by atoms with Crippen LogP contribution < -0.4 is 15.0 Å². The molecular formula is C15H24N2O2. The van der Waals surface area contributed by atoms with Gasteiger partial charge in [-0.15, -0.1) is 0 Å². The third-order valence-electron chi connectivity index (χ3n) is 3.63. The molecule has 0 aliphatic carbocycles. The van der Waals surface area contributed by atoms with Gasteiger partial charge in [-0.3, -0.25) is 0 Å². The van der Waals surface area contributed by atoms with Gasteiger partial charge in [-0.2, -0.15) is 0 Å².